The maximum absolute atomic E-state index is 12.0. The van der Waals surface area contributed by atoms with E-state index >= 15 is 0 Å². The molecule has 1 aliphatic heterocycles. The Labute approximate surface area is 96.8 Å². The first-order valence-corrected chi connectivity index (χ1v) is 6.15. The van der Waals surface area contributed by atoms with Crippen molar-refractivity contribution in [3.8, 4) is 6.07 Å². The lowest BCUT2D eigenvalue weighted by Gasteiger charge is -2.39. The van der Waals surface area contributed by atoms with Crippen molar-refractivity contribution in [2.24, 2.45) is 5.92 Å². The highest BCUT2D eigenvalue weighted by atomic mass is 16.2. The molecule has 16 heavy (non-hydrogen) atoms. The highest BCUT2D eigenvalue weighted by molar-refractivity contribution is 5.79. The Balaban J connectivity index is 1.80. The SMILES string of the molecule is CC(C#N)N1CCN(C(=O)C2CCC2)CC1. The van der Waals surface area contributed by atoms with Crippen molar-refractivity contribution in [3.63, 3.8) is 0 Å². The average Bonchev–Trinajstić information content (AvgIpc) is 2.26. The van der Waals surface area contributed by atoms with Crippen molar-refractivity contribution in [2.45, 2.75) is 32.2 Å². The van der Waals surface area contributed by atoms with E-state index in [-0.39, 0.29) is 6.04 Å². The molecule has 2 aliphatic rings. The second-order valence-corrected chi connectivity index (χ2v) is 4.79. The Morgan fingerprint density at radius 2 is 1.94 bits per heavy atom. The van der Waals surface area contributed by atoms with Crippen LogP contribution in [-0.2, 0) is 4.79 Å². The molecule has 0 aromatic rings. The third kappa shape index (κ3) is 2.19. The van der Waals surface area contributed by atoms with E-state index in [0.29, 0.717) is 11.8 Å². The van der Waals surface area contributed by atoms with E-state index < -0.39 is 0 Å². The Morgan fingerprint density at radius 1 is 1.31 bits per heavy atom. The van der Waals surface area contributed by atoms with Crippen molar-refractivity contribution in [1.82, 2.24) is 9.80 Å². The fourth-order valence-corrected chi connectivity index (χ4v) is 2.32. The van der Waals surface area contributed by atoms with Crippen LogP contribution in [0.2, 0.25) is 0 Å². The van der Waals surface area contributed by atoms with Gasteiger partial charge >= 0.3 is 0 Å². The summed E-state index contributed by atoms with van der Waals surface area (Å²) in [6.07, 6.45) is 3.36. The predicted octanol–water partition coefficient (Wildman–Crippen LogP) is 0.843. The van der Waals surface area contributed by atoms with Gasteiger partial charge in [0, 0.05) is 32.1 Å². The van der Waals surface area contributed by atoms with Crippen molar-refractivity contribution in [1.29, 1.82) is 5.26 Å². The molecule has 0 spiro atoms. The maximum Gasteiger partial charge on any atom is 0.225 e. The minimum atomic E-state index is -0.0269. The van der Waals surface area contributed by atoms with Gasteiger partial charge in [0.15, 0.2) is 0 Å². The summed E-state index contributed by atoms with van der Waals surface area (Å²) in [4.78, 5) is 16.1. The molecule has 2 rings (SSSR count). The zero-order valence-corrected chi connectivity index (χ0v) is 9.85. The normalized spacial score (nSPS) is 24.6. The first-order valence-electron chi connectivity index (χ1n) is 6.15. The maximum atomic E-state index is 12.0. The van der Waals surface area contributed by atoms with Crippen LogP contribution in [0.25, 0.3) is 0 Å². The molecular weight excluding hydrogens is 202 g/mol. The number of nitriles is 1. The molecule has 0 bridgehead atoms. The van der Waals surface area contributed by atoms with E-state index in [1.165, 1.54) is 6.42 Å². The highest BCUT2D eigenvalue weighted by Crippen LogP contribution is 2.28. The summed E-state index contributed by atoms with van der Waals surface area (Å²) in [5, 5.41) is 8.83. The van der Waals surface area contributed by atoms with E-state index in [2.05, 4.69) is 11.0 Å². The number of hydrogen-bond donors (Lipinski definition) is 0. The molecule has 88 valence electrons. The van der Waals surface area contributed by atoms with Gasteiger partial charge in [-0.25, -0.2) is 0 Å². The van der Waals surface area contributed by atoms with Crippen LogP contribution in [0.3, 0.4) is 0 Å². The van der Waals surface area contributed by atoms with Gasteiger partial charge in [-0.3, -0.25) is 9.69 Å². The molecule has 1 heterocycles. The largest absolute Gasteiger partial charge is 0.340 e. The zero-order chi connectivity index (χ0) is 11.5. The number of carbonyl (C=O) groups is 1. The van der Waals surface area contributed by atoms with E-state index in [0.717, 1.165) is 39.0 Å². The quantitative estimate of drug-likeness (QED) is 0.694. The first kappa shape index (κ1) is 11.4. The lowest BCUT2D eigenvalue weighted by Crippen LogP contribution is -2.52. The summed E-state index contributed by atoms with van der Waals surface area (Å²) in [6, 6.07) is 2.22. The summed E-state index contributed by atoms with van der Waals surface area (Å²) < 4.78 is 0. The number of piperazine rings is 1. The van der Waals surface area contributed by atoms with Crippen LogP contribution in [0.4, 0.5) is 0 Å². The summed E-state index contributed by atoms with van der Waals surface area (Å²) in [5.74, 6) is 0.649. The Hall–Kier alpha value is -1.08. The van der Waals surface area contributed by atoms with E-state index in [1.807, 2.05) is 11.8 Å². The molecule has 1 unspecified atom stereocenters. The molecular formula is C12H19N3O. The van der Waals surface area contributed by atoms with Gasteiger partial charge in [0.1, 0.15) is 0 Å². The van der Waals surface area contributed by atoms with E-state index in [9.17, 15) is 4.79 Å². The summed E-state index contributed by atoms with van der Waals surface area (Å²) in [7, 11) is 0. The van der Waals surface area contributed by atoms with E-state index in [1.54, 1.807) is 0 Å². The topological polar surface area (TPSA) is 47.3 Å². The summed E-state index contributed by atoms with van der Waals surface area (Å²) in [5.41, 5.74) is 0. The molecule has 0 N–H and O–H groups in total. The van der Waals surface area contributed by atoms with Crippen LogP contribution in [0.1, 0.15) is 26.2 Å². The minimum absolute atomic E-state index is 0.0269. The molecule has 2 fully saturated rings. The van der Waals surface area contributed by atoms with Crippen LogP contribution in [-0.4, -0.2) is 47.9 Å². The molecule has 1 saturated heterocycles. The standard InChI is InChI=1S/C12H19N3O/c1-10(9-13)14-5-7-15(8-6-14)12(16)11-3-2-4-11/h10-11H,2-8H2,1H3. The Bertz CT molecular complexity index is 298. The number of hydrogen-bond acceptors (Lipinski definition) is 3. The van der Waals surface area contributed by atoms with Gasteiger partial charge in [0.2, 0.25) is 5.91 Å². The molecule has 0 aromatic carbocycles. The number of nitrogens with zero attached hydrogens (tertiary/aromatic N) is 3. The monoisotopic (exact) mass is 221 g/mol. The van der Waals surface area contributed by atoms with Crippen molar-refractivity contribution < 1.29 is 4.79 Å². The lowest BCUT2D eigenvalue weighted by molar-refractivity contribution is -0.140. The Kier molecular flexibility index (Phi) is 3.45. The zero-order valence-electron chi connectivity index (χ0n) is 9.85. The average molecular weight is 221 g/mol. The molecule has 0 radical (unpaired) electrons. The van der Waals surface area contributed by atoms with Gasteiger partial charge < -0.3 is 4.90 Å². The third-order valence-electron chi connectivity index (χ3n) is 3.81. The second-order valence-electron chi connectivity index (χ2n) is 4.79. The third-order valence-corrected chi connectivity index (χ3v) is 3.81. The van der Waals surface area contributed by atoms with Crippen LogP contribution >= 0.6 is 0 Å². The van der Waals surface area contributed by atoms with Crippen LogP contribution in [0.15, 0.2) is 0 Å². The van der Waals surface area contributed by atoms with Crippen LogP contribution < -0.4 is 0 Å². The van der Waals surface area contributed by atoms with Crippen LogP contribution in [0, 0.1) is 17.2 Å². The van der Waals surface area contributed by atoms with Gasteiger partial charge in [-0.05, 0) is 19.8 Å². The lowest BCUT2D eigenvalue weighted by atomic mass is 9.84. The van der Waals surface area contributed by atoms with Crippen molar-refractivity contribution in [2.75, 3.05) is 26.2 Å². The summed E-state index contributed by atoms with van der Waals surface area (Å²) >= 11 is 0. The molecule has 1 saturated carbocycles. The number of carbonyl (C=O) groups excluding carboxylic acids is 1. The molecule has 4 nitrogen and oxygen atoms in total. The first-order chi connectivity index (χ1) is 7.72. The molecule has 1 atom stereocenters. The second kappa shape index (κ2) is 4.84. The number of rotatable bonds is 2. The van der Waals surface area contributed by atoms with Crippen LogP contribution in [0.5, 0.6) is 0 Å². The van der Waals surface area contributed by atoms with Crippen molar-refractivity contribution in [3.05, 3.63) is 0 Å². The molecule has 0 aromatic heterocycles. The molecule has 4 heteroatoms. The van der Waals surface area contributed by atoms with E-state index in [4.69, 9.17) is 5.26 Å². The van der Waals surface area contributed by atoms with Gasteiger partial charge in [0.25, 0.3) is 0 Å². The number of amides is 1. The van der Waals surface area contributed by atoms with Gasteiger partial charge in [0.05, 0.1) is 12.1 Å². The fourth-order valence-electron chi connectivity index (χ4n) is 2.32. The Morgan fingerprint density at radius 3 is 2.38 bits per heavy atom. The molecule has 1 aliphatic carbocycles. The van der Waals surface area contributed by atoms with Gasteiger partial charge in [-0.15, -0.1) is 0 Å². The predicted molar refractivity (Wildman–Crippen MR) is 60.6 cm³/mol. The fraction of sp³-hybridized carbons (Fsp3) is 0.833. The molecule has 1 amide bonds. The highest BCUT2D eigenvalue weighted by Gasteiger charge is 2.31. The van der Waals surface area contributed by atoms with Gasteiger partial charge in [-0.2, -0.15) is 5.26 Å². The summed E-state index contributed by atoms with van der Waals surface area (Å²) in [6.45, 7) is 5.19. The smallest absolute Gasteiger partial charge is 0.225 e. The van der Waals surface area contributed by atoms with Gasteiger partial charge in [-0.1, -0.05) is 6.42 Å². The van der Waals surface area contributed by atoms with Crippen molar-refractivity contribution >= 4 is 5.91 Å². The minimum Gasteiger partial charge on any atom is -0.340 e.